The maximum absolute atomic E-state index is 11.7. The topological polar surface area (TPSA) is 78.4 Å². The van der Waals surface area contributed by atoms with Crippen LogP contribution in [0.2, 0.25) is 0 Å². The summed E-state index contributed by atoms with van der Waals surface area (Å²) in [6, 6.07) is -0.113. The molecular weight excluding hydrogens is 256 g/mol. The second-order valence-corrected chi connectivity index (χ2v) is 6.37. The monoisotopic (exact) mass is 284 g/mol. The number of carboxylic acid groups (broad SMARTS) is 1. The van der Waals surface area contributed by atoms with Crippen LogP contribution in [0.25, 0.3) is 0 Å². The van der Waals surface area contributed by atoms with Gasteiger partial charge in [-0.05, 0) is 43.4 Å². The van der Waals surface area contributed by atoms with Crippen LogP contribution in [0.15, 0.2) is 0 Å². The minimum atomic E-state index is -0.683. The van der Waals surface area contributed by atoms with Gasteiger partial charge in [-0.1, -0.05) is 20.8 Å². The van der Waals surface area contributed by atoms with Crippen LogP contribution in [-0.4, -0.2) is 30.2 Å². The number of carbonyl (C=O) groups excluding carboxylic acids is 1. The summed E-state index contributed by atoms with van der Waals surface area (Å²) in [6.45, 7) is 7.75. The number of urea groups is 1. The molecule has 0 spiro atoms. The predicted octanol–water partition coefficient (Wildman–Crippen LogP) is 2.47. The molecule has 5 nitrogen and oxygen atoms in total. The van der Waals surface area contributed by atoms with Gasteiger partial charge >= 0.3 is 12.0 Å². The van der Waals surface area contributed by atoms with Crippen molar-refractivity contribution in [3.05, 3.63) is 0 Å². The molecular formula is C15H28N2O3. The lowest BCUT2D eigenvalue weighted by molar-refractivity contribution is -0.143. The Morgan fingerprint density at radius 1 is 1.10 bits per heavy atom. The van der Waals surface area contributed by atoms with Gasteiger partial charge in [-0.15, -0.1) is 0 Å². The standard InChI is InChI=1S/C15H28N2O3/c1-10(2)11(3)8-16-15(20)17-9-12-4-6-13(7-5-12)14(18)19/h10-13H,4-9H2,1-3H3,(H,18,19)(H2,16,17,20). The Labute approximate surface area is 121 Å². The highest BCUT2D eigenvalue weighted by Gasteiger charge is 2.25. The minimum absolute atomic E-state index is 0.113. The van der Waals surface area contributed by atoms with E-state index < -0.39 is 5.97 Å². The molecule has 3 N–H and O–H groups in total. The largest absolute Gasteiger partial charge is 0.481 e. The van der Waals surface area contributed by atoms with Crippen molar-refractivity contribution < 1.29 is 14.7 Å². The third kappa shape index (κ3) is 5.80. The lowest BCUT2D eigenvalue weighted by Gasteiger charge is -2.26. The first kappa shape index (κ1) is 16.8. The normalized spacial score (nSPS) is 24.2. The van der Waals surface area contributed by atoms with Gasteiger partial charge in [0.1, 0.15) is 0 Å². The van der Waals surface area contributed by atoms with Crippen LogP contribution in [-0.2, 0) is 4.79 Å². The van der Waals surface area contributed by atoms with E-state index in [4.69, 9.17) is 5.11 Å². The van der Waals surface area contributed by atoms with Crippen LogP contribution in [0.3, 0.4) is 0 Å². The molecule has 0 aromatic heterocycles. The summed E-state index contributed by atoms with van der Waals surface area (Å²) < 4.78 is 0. The quantitative estimate of drug-likeness (QED) is 0.701. The van der Waals surface area contributed by atoms with Gasteiger partial charge in [0.15, 0.2) is 0 Å². The number of amides is 2. The summed E-state index contributed by atoms with van der Waals surface area (Å²) in [4.78, 5) is 22.5. The molecule has 1 atom stereocenters. The molecule has 0 aromatic carbocycles. The zero-order valence-electron chi connectivity index (χ0n) is 12.8. The second kappa shape index (κ2) is 8.12. The molecule has 1 aliphatic rings. The van der Waals surface area contributed by atoms with E-state index in [-0.39, 0.29) is 11.9 Å². The third-order valence-corrected chi connectivity index (χ3v) is 4.47. The fraction of sp³-hybridized carbons (Fsp3) is 0.867. The fourth-order valence-electron chi connectivity index (χ4n) is 2.40. The molecule has 2 amide bonds. The highest BCUT2D eigenvalue weighted by molar-refractivity contribution is 5.73. The molecule has 1 aliphatic carbocycles. The molecule has 0 aliphatic heterocycles. The van der Waals surface area contributed by atoms with E-state index in [9.17, 15) is 9.59 Å². The molecule has 1 fully saturated rings. The lowest BCUT2D eigenvalue weighted by Crippen LogP contribution is -2.41. The van der Waals surface area contributed by atoms with E-state index in [2.05, 4.69) is 31.4 Å². The maximum Gasteiger partial charge on any atom is 0.314 e. The van der Waals surface area contributed by atoms with Crippen LogP contribution in [0.5, 0.6) is 0 Å². The van der Waals surface area contributed by atoms with E-state index in [0.717, 1.165) is 25.7 Å². The number of hydrogen-bond acceptors (Lipinski definition) is 2. The van der Waals surface area contributed by atoms with Gasteiger partial charge in [-0.25, -0.2) is 4.79 Å². The number of nitrogens with one attached hydrogen (secondary N) is 2. The molecule has 20 heavy (non-hydrogen) atoms. The molecule has 0 radical (unpaired) electrons. The van der Waals surface area contributed by atoms with Crippen molar-refractivity contribution in [1.82, 2.24) is 10.6 Å². The smallest absolute Gasteiger partial charge is 0.314 e. The molecule has 0 aromatic rings. The number of carboxylic acids is 1. The minimum Gasteiger partial charge on any atom is -0.481 e. The second-order valence-electron chi connectivity index (χ2n) is 6.37. The molecule has 1 saturated carbocycles. The van der Waals surface area contributed by atoms with Crippen LogP contribution >= 0.6 is 0 Å². The van der Waals surface area contributed by atoms with Crippen LogP contribution < -0.4 is 10.6 Å². The average molecular weight is 284 g/mol. The highest BCUT2D eigenvalue weighted by atomic mass is 16.4. The highest BCUT2D eigenvalue weighted by Crippen LogP contribution is 2.28. The van der Waals surface area contributed by atoms with Crippen LogP contribution in [0.1, 0.15) is 46.5 Å². The summed E-state index contributed by atoms with van der Waals surface area (Å²) in [5.41, 5.74) is 0. The Bertz CT molecular complexity index is 323. The van der Waals surface area contributed by atoms with Crippen molar-refractivity contribution >= 4 is 12.0 Å². The number of rotatable bonds is 6. The first-order valence-corrected chi connectivity index (χ1v) is 7.64. The Morgan fingerprint density at radius 3 is 2.20 bits per heavy atom. The van der Waals surface area contributed by atoms with Crippen LogP contribution in [0, 0.1) is 23.7 Å². The van der Waals surface area contributed by atoms with E-state index in [1.807, 2.05) is 0 Å². The SMILES string of the molecule is CC(C)C(C)CNC(=O)NCC1CCC(C(=O)O)CC1. The summed E-state index contributed by atoms with van der Waals surface area (Å²) >= 11 is 0. The van der Waals surface area contributed by atoms with E-state index in [0.29, 0.717) is 30.8 Å². The number of hydrogen-bond donors (Lipinski definition) is 3. The molecule has 5 heteroatoms. The van der Waals surface area contributed by atoms with Gasteiger partial charge in [0.2, 0.25) is 0 Å². The van der Waals surface area contributed by atoms with Crippen molar-refractivity contribution in [2.45, 2.75) is 46.5 Å². The van der Waals surface area contributed by atoms with Gasteiger partial charge < -0.3 is 15.7 Å². The Hall–Kier alpha value is -1.26. The van der Waals surface area contributed by atoms with Gasteiger partial charge in [-0.2, -0.15) is 0 Å². The summed E-state index contributed by atoms with van der Waals surface area (Å²) in [5, 5.41) is 14.7. The Morgan fingerprint density at radius 2 is 1.70 bits per heavy atom. The van der Waals surface area contributed by atoms with Gasteiger partial charge in [0.25, 0.3) is 0 Å². The number of carbonyl (C=O) groups is 2. The Kier molecular flexibility index (Phi) is 6.82. The zero-order chi connectivity index (χ0) is 15.1. The van der Waals surface area contributed by atoms with Gasteiger partial charge in [0, 0.05) is 13.1 Å². The molecule has 0 saturated heterocycles. The van der Waals surface area contributed by atoms with Crippen molar-refractivity contribution in [2.24, 2.45) is 23.7 Å². The van der Waals surface area contributed by atoms with Gasteiger partial charge in [0.05, 0.1) is 5.92 Å². The van der Waals surface area contributed by atoms with Crippen molar-refractivity contribution in [2.75, 3.05) is 13.1 Å². The van der Waals surface area contributed by atoms with Crippen LogP contribution in [0.4, 0.5) is 4.79 Å². The molecule has 0 heterocycles. The molecule has 0 bridgehead atoms. The lowest BCUT2D eigenvalue weighted by atomic mass is 9.82. The molecule has 1 rings (SSSR count). The maximum atomic E-state index is 11.7. The summed E-state index contributed by atoms with van der Waals surface area (Å²) in [6.07, 6.45) is 3.24. The zero-order valence-corrected chi connectivity index (χ0v) is 12.8. The van der Waals surface area contributed by atoms with Crippen molar-refractivity contribution in [3.63, 3.8) is 0 Å². The third-order valence-electron chi connectivity index (χ3n) is 4.47. The molecule has 1 unspecified atom stereocenters. The fourth-order valence-corrected chi connectivity index (χ4v) is 2.40. The number of aliphatic carboxylic acids is 1. The first-order valence-electron chi connectivity index (χ1n) is 7.64. The average Bonchev–Trinajstić information content (AvgIpc) is 2.42. The summed E-state index contributed by atoms with van der Waals surface area (Å²) in [5.74, 6) is 0.566. The summed E-state index contributed by atoms with van der Waals surface area (Å²) in [7, 11) is 0. The van der Waals surface area contributed by atoms with Gasteiger partial charge in [-0.3, -0.25) is 4.79 Å². The van der Waals surface area contributed by atoms with Crippen molar-refractivity contribution in [3.8, 4) is 0 Å². The van der Waals surface area contributed by atoms with Crippen molar-refractivity contribution in [1.29, 1.82) is 0 Å². The Balaban J connectivity index is 2.15. The van der Waals surface area contributed by atoms with E-state index in [1.165, 1.54) is 0 Å². The van der Waals surface area contributed by atoms with E-state index in [1.54, 1.807) is 0 Å². The van der Waals surface area contributed by atoms with E-state index >= 15 is 0 Å². The molecule has 116 valence electrons. The predicted molar refractivity (Wildman–Crippen MR) is 78.5 cm³/mol. The first-order chi connectivity index (χ1) is 9.40.